The predicted octanol–water partition coefficient (Wildman–Crippen LogP) is 3.98. The first-order valence-corrected chi connectivity index (χ1v) is 9.17. The number of carbonyl (C=O) groups is 1. The molecule has 7 nitrogen and oxygen atoms in total. The van der Waals surface area contributed by atoms with E-state index in [1.807, 2.05) is 48.7 Å². The zero-order valence-corrected chi connectivity index (χ0v) is 15.1. The van der Waals surface area contributed by atoms with E-state index in [0.29, 0.717) is 16.6 Å². The number of carbonyl (C=O) groups excluding carboxylic acids is 1. The highest BCUT2D eigenvalue weighted by Crippen LogP contribution is 2.36. The van der Waals surface area contributed by atoms with Crippen molar-refractivity contribution in [3.63, 3.8) is 0 Å². The molecule has 0 unspecified atom stereocenters. The van der Waals surface area contributed by atoms with Gasteiger partial charge in [0.25, 0.3) is 5.91 Å². The second kappa shape index (κ2) is 6.10. The van der Waals surface area contributed by atoms with Gasteiger partial charge in [-0.25, -0.2) is 4.98 Å². The van der Waals surface area contributed by atoms with Gasteiger partial charge >= 0.3 is 0 Å². The van der Waals surface area contributed by atoms with Gasteiger partial charge in [0.1, 0.15) is 0 Å². The highest BCUT2D eigenvalue weighted by molar-refractivity contribution is 7.14. The van der Waals surface area contributed by atoms with Gasteiger partial charge < -0.3 is 9.47 Å². The van der Waals surface area contributed by atoms with Crippen molar-refractivity contribution < 1.29 is 14.3 Å². The molecule has 27 heavy (non-hydrogen) atoms. The average Bonchev–Trinajstić information content (AvgIpc) is 3.39. The minimum atomic E-state index is -0.293. The second-order valence-corrected chi connectivity index (χ2v) is 7.04. The minimum Gasteiger partial charge on any atom is -0.454 e. The van der Waals surface area contributed by atoms with Crippen molar-refractivity contribution in [1.29, 1.82) is 0 Å². The van der Waals surface area contributed by atoms with Crippen molar-refractivity contribution in [3.05, 3.63) is 53.0 Å². The van der Waals surface area contributed by atoms with Gasteiger partial charge in [-0.05, 0) is 37.3 Å². The number of H-pyrrole nitrogens is 1. The summed E-state index contributed by atoms with van der Waals surface area (Å²) in [5.41, 5.74) is 3.91. The Morgan fingerprint density at radius 2 is 2.07 bits per heavy atom. The normalized spacial score (nSPS) is 12.5. The number of benzene rings is 2. The van der Waals surface area contributed by atoms with Gasteiger partial charge in [-0.3, -0.25) is 15.2 Å². The maximum Gasteiger partial charge on any atom is 0.278 e. The van der Waals surface area contributed by atoms with Crippen LogP contribution in [0.15, 0.2) is 41.8 Å². The molecule has 0 fully saturated rings. The molecule has 1 amide bonds. The molecule has 5 rings (SSSR count). The average molecular weight is 378 g/mol. The van der Waals surface area contributed by atoms with E-state index in [9.17, 15) is 4.79 Å². The molecule has 4 aromatic rings. The van der Waals surface area contributed by atoms with Crippen LogP contribution in [0.25, 0.3) is 22.2 Å². The Kier molecular flexibility index (Phi) is 3.58. The highest BCUT2D eigenvalue weighted by atomic mass is 32.1. The van der Waals surface area contributed by atoms with Crippen molar-refractivity contribution >= 4 is 33.3 Å². The fourth-order valence-electron chi connectivity index (χ4n) is 2.98. The Balaban J connectivity index is 1.40. The van der Waals surface area contributed by atoms with E-state index in [-0.39, 0.29) is 12.7 Å². The lowest BCUT2D eigenvalue weighted by Crippen LogP contribution is -2.12. The van der Waals surface area contributed by atoms with Gasteiger partial charge in [-0.15, -0.1) is 11.3 Å². The van der Waals surface area contributed by atoms with E-state index >= 15 is 0 Å². The number of aromatic nitrogens is 3. The summed E-state index contributed by atoms with van der Waals surface area (Å²) in [4.78, 5) is 17.1. The molecule has 0 saturated heterocycles. The molecular formula is C19H14N4O3S. The smallest absolute Gasteiger partial charge is 0.278 e. The summed E-state index contributed by atoms with van der Waals surface area (Å²) in [6, 6.07) is 11.5. The maximum absolute atomic E-state index is 12.6. The standard InChI is InChI=1S/C19H14N4O3S/c1-10-2-4-13-12(6-10)17(23-22-13)18(24)21-19-20-14(8-27-19)11-3-5-15-16(7-11)26-9-25-15/h2-8H,9H2,1H3,(H,22,23)(H,20,21,24). The van der Waals surface area contributed by atoms with Crippen LogP contribution in [0, 0.1) is 6.92 Å². The zero-order valence-electron chi connectivity index (χ0n) is 14.3. The van der Waals surface area contributed by atoms with E-state index < -0.39 is 0 Å². The van der Waals surface area contributed by atoms with E-state index in [4.69, 9.17) is 9.47 Å². The fourth-order valence-corrected chi connectivity index (χ4v) is 3.69. The van der Waals surface area contributed by atoms with E-state index in [1.54, 1.807) is 0 Å². The topological polar surface area (TPSA) is 89.1 Å². The summed E-state index contributed by atoms with van der Waals surface area (Å²) in [7, 11) is 0. The fraction of sp³-hybridized carbons (Fsp3) is 0.105. The second-order valence-electron chi connectivity index (χ2n) is 6.18. The number of amides is 1. The summed E-state index contributed by atoms with van der Waals surface area (Å²) >= 11 is 1.36. The van der Waals surface area contributed by atoms with Crippen LogP contribution in [0.4, 0.5) is 5.13 Å². The summed E-state index contributed by atoms with van der Waals surface area (Å²) < 4.78 is 10.7. The maximum atomic E-state index is 12.6. The number of aromatic amines is 1. The lowest BCUT2D eigenvalue weighted by atomic mass is 10.1. The molecular weight excluding hydrogens is 364 g/mol. The summed E-state index contributed by atoms with van der Waals surface area (Å²) in [5, 5.41) is 13.0. The molecule has 1 aliphatic heterocycles. The number of fused-ring (bicyclic) bond motifs is 2. The number of nitrogens with zero attached hydrogens (tertiary/aromatic N) is 2. The van der Waals surface area contributed by atoms with Gasteiger partial charge in [0.2, 0.25) is 6.79 Å². The van der Waals surface area contributed by atoms with Crippen LogP contribution in [-0.4, -0.2) is 27.9 Å². The van der Waals surface area contributed by atoms with Crippen molar-refractivity contribution in [2.75, 3.05) is 12.1 Å². The number of hydrogen-bond donors (Lipinski definition) is 2. The third kappa shape index (κ3) is 2.80. The third-order valence-electron chi connectivity index (χ3n) is 4.33. The first-order valence-electron chi connectivity index (χ1n) is 8.29. The van der Waals surface area contributed by atoms with Crippen LogP contribution >= 0.6 is 11.3 Å². The Labute approximate surface area is 158 Å². The Morgan fingerprint density at radius 1 is 1.19 bits per heavy atom. The third-order valence-corrected chi connectivity index (χ3v) is 5.08. The van der Waals surface area contributed by atoms with Crippen LogP contribution in [0.3, 0.4) is 0 Å². The van der Waals surface area contributed by atoms with Crippen molar-refractivity contribution in [1.82, 2.24) is 15.2 Å². The molecule has 1 aliphatic rings. The van der Waals surface area contributed by atoms with Gasteiger partial charge in [0, 0.05) is 16.3 Å². The van der Waals surface area contributed by atoms with Crippen molar-refractivity contribution in [2.24, 2.45) is 0 Å². The summed E-state index contributed by atoms with van der Waals surface area (Å²) in [5.74, 6) is 1.13. The predicted molar refractivity (Wildman–Crippen MR) is 102 cm³/mol. The van der Waals surface area contributed by atoms with E-state index in [1.165, 1.54) is 11.3 Å². The van der Waals surface area contributed by atoms with Crippen LogP contribution in [0.5, 0.6) is 11.5 Å². The van der Waals surface area contributed by atoms with Crippen molar-refractivity contribution in [3.8, 4) is 22.8 Å². The van der Waals surface area contributed by atoms with Crippen LogP contribution in [0.2, 0.25) is 0 Å². The number of thiazole rings is 1. The summed E-state index contributed by atoms with van der Waals surface area (Å²) in [6.07, 6.45) is 0. The number of rotatable bonds is 3. The lowest BCUT2D eigenvalue weighted by Gasteiger charge is -2.01. The largest absolute Gasteiger partial charge is 0.454 e. The quantitative estimate of drug-likeness (QED) is 0.563. The van der Waals surface area contributed by atoms with E-state index in [0.717, 1.165) is 33.5 Å². The van der Waals surface area contributed by atoms with Crippen LogP contribution < -0.4 is 14.8 Å². The molecule has 0 aliphatic carbocycles. The first-order chi connectivity index (χ1) is 13.2. The lowest BCUT2D eigenvalue weighted by molar-refractivity contribution is 0.102. The van der Waals surface area contributed by atoms with Gasteiger partial charge in [0.15, 0.2) is 22.3 Å². The van der Waals surface area contributed by atoms with Crippen LogP contribution in [0.1, 0.15) is 16.1 Å². The van der Waals surface area contributed by atoms with Gasteiger partial charge in [-0.2, -0.15) is 5.10 Å². The number of anilines is 1. The molecule has 0 radical (unpaired) electrons. The monoisotopic (exact) mass is 378 g/mol. The van der Waals surface area contributed by atoms with Gasteiger partial charge in [-0.1, -0.05) is 11.6 Å². The van der Waals surface area contributed by atoms with Gasteiger partial charge in [0.05, 0.1) is 11.2 Å². The molecule has 0 atom stereocenters. The molecule has 2 aromatic heterocycles. The molecule has 2 aromatic carbocycles. The molecule has 0 saturated carbocycles. The Bertz CT molecular complexity index is 1180. The molecule has 0 bridgehead atoms. The number of hydrogen-bond acceptors (Lipinski definition) is 6. The first kappa shape index (κ1) is 15.8. The molecule has 8 heteroatoms. The number of nitrogens with one attached hydrogen (secondary N) is 2. The Morgan fingerprint density at radius 3 is 3.00 bits per heavy atom. The molecule has 2 N–H and O–H groups in total. The highest BCUT2D eigenvalue weighted by Gasteiger charge is 2.18. The SMILES string of the molecule is Cc1ccc2[nH]nc(C(=O)Nc3nc(-c4ccc5c(c4)OCO5)cs3)c2c1. The minimum absolute atomic E-state index is 0.230. The van der Waals surface area contributed by atoms with Crippen molar-refractivity contribution in [2.45, 2.75) is 6.92 Å². The zero-order chi connectivity index (χ0) is 18.4. The van der Waals surface area contributed by atoms with E-state index in [2.05, 4.69) is 20.5 Å². The molecule has 134 valence electrons. The Hall–Kier alpha value is -3.39. The summed E-state index contributed by atoms with van der Waals surface area (Å²) in [6.45, 7) is 2.21. The number of aryl methyl sites for hydroxylation is 1. The number of ether oxygens (including phenoxy) is 2. The molecule has 3 heterocycles. The molecule has 0 spiro atoms. The van der Waals surface area contributed by atoms with Crippen LogP contribution in [-0.2, 0) is 0 Å².